The van der Waals surface area contributed by atoms with Gasteiger partial charge in [0.25, 0.3) is 5.56 Å². The Hall–Kier alpha value is -4.07. The molecule has 8 nitrogen and oxygen atoms in total. The molecular formula is C21H17N6O2+. The highest BCUT2D eigenvalue weighted by Gasteiger charge is 2.24. The number of nitrogens with one attached hydrogen (secondary N) is 1. The zero-order valence-corrected chi connectivity index (χ0v) is 15.8. The van der Waals surface area contributed by atoms with E-state index in [0.717, 1.165) is 5.56 Å². The number of pyridine rings is 2. The molecule has 0 saturated heterocycles. The van der Waals surface area contributed by atoms with Gasteiger partial charge in [0.15, 0.2) is 11.2 Å². The van der Waals surface area contributed by atoms with Gasteiger partial charge >= 0.3 is 5.78 Å². The van der Waals surface area contributed by atoms with Crippen LogP contribution in [-0.4, -0.2) is 31.7 Å². The minimum absolute atomic E-state index is 0.215. The number of methoxy groups -OCH3 is 1. The number of ether oxygens (including phenoxy) is 1. The van der Waals surface area contributed by atoms with Crippen LogP contribution in [0.2, 0.25) is 0 Å². The van der Waals surface area contributed by atoms with Crippen LogP contribution < -0.4 is 14.8 Å². The highest BCUT2D eigenvalue weighted by Crippen LogP contribution is 2.26. The Morgan fingerprint density at radius 3 is 2.79 bits per heavy atom. The maximum Gasteiger partial charge on any atom is 0.458 e. The molecule has 5 rings (SSSR count). The van der Waals surface area contributed by atoms with Crippen molar-refractivity contribution in [1.29, 1.82) is 0 Å². The van der Waals surface area contributed by atoms with Crippen molar-refractivity contribution in [3.05, 3.63) is 77.1 Å². The predicted molar refractivity (Wildman–Crippen MR) is 107 cm³/mol. The third-order valence-corrected chi connectivity index (χ3v) is 4.73. The Morgan fingerprint density at radius 1 is 1.10 bits per heavy atom. The van der Waals surface area contributed by atoms with Gasteiger partial charge in [0.05, 0.1) is 7.11 Å². The highest BCUT2D eigenvalue weighted by atomic mass is 16.5. The normalized spacial score (nSPS) is 11.2. The van der Waals surface area contributed by atoms with Gasteiger partial charge in [0, 0.05) is 24.9 Å². The minimum atomic E-state index is -0.215. The number of aromatic amines is 1. The second-order valence-corrected chi connectivity index (χ2v) is 6.58. The summed E-state index contributed by atoms with van der Waals surface area (Å²) in [6.07, 6.45) is 3.34. The van der Waals surface area contributed by atoms with Crippen molar-refractivity contribution < 1.29 is 9.25 Å². The van der Waals surface area contributed by atoms with E-state index in [1.54, 1.807) is 36.2 Å². The first-order valence-corrected chi connectivity index (χ1v) is 9.05. The minimum Gasteiger partial charge on any atom is -0.497 e. The molecule has 4 aromatic heterocycles. The van der Waals surface area contributed by atoms with E-state index in [9.17, 15) is 4.79 Å². The number of hydrogen-bond donors (Lipinski definition) is 1. The average molecular weight is 385 g/mol. The zero-order valence-electron chi connectivity index (χ0n) is 15.8. The summed E-state index contributed by atoms with van der Waals surface area (Å²) in [7, 11) is 1.61. The van der Waals surface area contributed by atoms with E-state index in [4.69, 9.17) is 4.74 Å². The van der Waals surface area contributed by atoms with Gasteiger partial charge in [0.2, 0.25) is 5.82 Å². The SMILES string of the molecule is COc1cccc(-c2c3c(=O)n(-c4ccccn4)ccc3nc3nc(C)[nH][n+]23)c1. The topological polar surface area (TPSA) is 89.8 Å². The molecule has 0 amide bonds. The summed E-state index contributed by atoms with van der Waals surface area (Å²) < 4.78 is 8.63. The van der Waals surface area contributed by atoms with Crippen LogP contribution in [0, 0.1) is 6.92 Å². The number of fused-ring (bicyclic) bond motifs is 2. The van der Waals surface area contributed by atoms with Crippen molar-refractivity contribution in [1.82, 2.24) is 24.6 Å². The molecule has 4 heterocycles. The summed E-state index contributed by atoms with van der Waals surface area (Å²) in [5.41, 5.74) is 1.82. The molecule has 0 saturated carbocycles. The maximum absolute atomic E-state index is 13.5. The number of H-pyrrole nitrogens is 1. The number of aromatic nitrogens is 6. The van der Waals surface area contributed by atoms with Crippen LogP contribution in [0.1, 0.15) is 5.82 Å². The fraction of sp³-hybridized carbons (Fsp3) is 0.0952. The Labute approximate surface area is 165 Å². The van der Waals surface area contributed by atoms with Gasteiger partial charge in [-0.05, 0) is 30.3 Å². The molecule has 0 unspecified atom stereocenters. The number of rotatable bonds is 3. The molecule has 0 bridgehead atoms. The van der Waals surface area contributed by atoms with E-state index in [2.05, 4.69) is 20.1 Å². The van der Waals surface area contributed by atoms with Gasteiger partial charge in [-0.15, -0.1) is 4.52 Å². The summed E-state index contributed by atoms with van der Waals surface area (Å²) >= 11 is 0. The quantitative estimate of drug-likeness (QED) is 0.481. The lowest BCUT2D eigenvalue weighted by Gasteiger charge is -2.08. The largest absolute Gasteiger partial charge is 0.497 e. The Kier molecular flexibility index (Phi) is 3.83. The number of aryl methyl sites for hydroxylation is 1. The molecule has 0 aliphatic carbocycles. The first kappa shape index (κ1) is 17.1. The summed E-state index contributed by atoms with van der Waals surface area (Å²) in [5, 5.41) is 3.65. The number of hydrogen-bond acceptors (Lipinski definition) is 5. The fourth-order valence-corrected chi connectivity index (χ4v) is 3.45. The van der Waals surface area contributed by atoms with Crippen molar-refractivity contribution >= 4 is 16.7 Å². The van der Waals surface area contributed by atoms with E-state index in [0.29, 0.717) is 39.8 Å². The van der Waals surface area contributed by atoms with E-state index in [1.165, 1.54) is 4.57 Å². The van der Waals surface area contributed by atoms with Gasteiger partial charge < -0.3 is 4.74 Å². The van der Waals surface area contributed by atoms with Crippen LogP contribution in [0.25, 0.3) is 33.8 Å². The summed E-state index contributed by atoms with van der Waals surface area (Å²) in [6, 6.07) is 14.8. The average Bonchev–Trinajstić information content (AvgIpc) is 3.12. The van der Waals surface area contributed by atoms with Crippen molar-refractivity contribution in [2.45, 2.75) is 6.92 Å². The first-order valence-electron chi connectivity index (χ1n) is 9.05. The van der Waals surface area contributed by atoms with Gasteiger partial charge in [-0.3, -0.25) is 9.36 Å². The van der Waals surface area contributed by atoms with Crippen LogP contribution >= 0.6 is 0 Å². The fourth-order valence-electron chi connectivity index (χ4n) is 3.45. The Bertz CT molecular complexity index is 1420. The summed E-state index contributed by atoms with van der Waals surface area (Å²) in [5.74, 6) is 2.42. The molecular weight excluding hydrogens is 368 g/mol. The van der Waals surface area contributed by atoms with E-state index in [-0.39, 0.29) is 5.56 Å². The molecule has 0 spiro atoms. The molecule has 8 heteroatoms. The molecule has 0 aliphatic rings. The van der Waals surface area contributed by atoms with Crippen LogP contribution in [0.5, 0.6) is 5.75 Å². The molecule has 0 radical (unpaired) electrons. The maximum atomic E-state index is 13.5. The lowest BCUT2D eigenvalue weighted by Crippen LogP contribution is -2.31. The van der Waals surface area contributed by atoms with Crippen molar-refractivity contribution in [3.63, 3.8) is 0 Å². The molecule has 0 atom stereocenters. The van der Waals surface area contributed by atoms with Crippen molar-refractivity contribution in [2.24, 2.45) is 0 Å². The van der Waals surface area contributed by atoms with E-state index in [1.807, 2.05) is 43.3 Å². The van der Waals surface area contributed by atoms with Crippen LogP contribution in [-0.2, 0) is 0 Å². The lowest BCUT2D eigenvalue weighted by molar-refractivity contribution is -0.567. The standard InChI is InChI=1S/C21H16N6O2/c1-13-23-21-24-16-9-11-26(17-8-3-4-10-22-17)20(28)18(16)19(27(21)25-13)14-6-5-7-15(12-14)29-2/h3-12H,1-2H3/p+1. The zero-order chi connectivity index (χ0) is 20.0. The number of nitrogens with zero attached hydrogens (tertiary/aromatic N) is 5. The van der Waals surface area contributed by atoms with Crippen molar-refractivity contribution in [3.8, 4) is 22.8 Å². The molecule has 29 heavy (non-hydrogen) atoms. The van der Waals surface area contributed by atoms with Gasteiger partial charge in [-0.2, -0.15) is 0 Å². The molecule has 0 aliphatic heterocycles. The van der Waals surface area contributed by atoms with E-state index < -0.39 is 0 Å². The molecule has 1 aromatic carbocycles. The lowest BCUT2D eigenvalue weighted by atomic mass is 10.1. The monoisotopic (exact) mass is 385 g/mol. The molecule has 142 valence electrons. The third-order valence-electron chi connectivity index (χ3n) is 4.73. The predicted octanol–water partition coefficient (Wildman–Crippen LogP) is 2.23. The second-order valence-electron chi connectivity index (χ2n) is 6.58. The van der Waals surface area contributed by atoms with Crippen LogP contribution in [0.4, 0.5) is 0 Å². The van der Waals surface area contributed by atoms with Gasteiger partial charge in [-0.25, -0.2) is 10.1 Å². The Balaban J connectivity index is 1.94. The molecule has 5 aromatic rings. The molecule has 1 N–H and O–H groups in total. The summed E-state index contributed by atoms with van der Waals surface area (Å²) in [4.78, 5) is 26.9. The first-order chi connectivity index (χ1) is 14.2. The summed E-state index contributed by atoms with van der Waals surface area (Å²) in [6.45, 7) is 1.85. The Morgan fingerprint density at radius 2 is 2.00 bits per heavy atom. The highest BCUT2D eigenvalue weighted by molar-refractivity contribution is 5.91. The smallest absolute Gasteiger partial charge is 0.458 e. The van der Waals surface area contributed by atoms with Gasteiger partial charge in [-0.1, -0.05) is 28.2 Å². The van der Waals surface area contributed by atoms with Gasteiger partial charge in [0.1, 0.15) is 17.0 Å². The van der Waals surface area contributed by atoms with Crippen molar-refractivity contribution in [2.75, 3.05) is 7.11 Å². The third kappa shape index (κ3) is 2.73. The number of benzene rings is 1. The second kappa shape index (κ2) is 6.52. The van der Waals surface area contributed by atoms with E-state index >= 15 is 0 Å². The van der Waals surface area contributed by atoms with Crippen LogP contribution in [0.3, 0.4) is 0 Å². The molecule has 0 fully saturated rings. The van der Waals surface area contributed by atoms with Crippen LogP contribution in [0.15, 0.2) is 65.7 Å².